The number of amides is 1. The van der Waals surface area contributed by atoms with Gasteiger partial charge >= 0.3 is 0 Å². The zero-order chi connectivity index (χ0) is 19.6. The van der Waals surface area contributed by atoms with E-state index < -0.39 is 0 Å². The van der Waals surface area contributed by atoms with Crippen LogP contribution in [0.25, 0.3) is 0 Å². The normalized spacial score (nSPS) is 17.4. The van der Waals surface area contributed by atoms with Crippen molar-refractivity contribution in [1.29, 1.82) is 0 Å². The molecule has 0 aromatic heterocycles. The van der Waals surface area contributed by atoms with Gasteiger partial charge in [-0.3, -0.25) is 14.7 Å². The maximum atomic E-state index is 11.8. The van der Waals surface area contributed by atoms with E-state index in [1.54, 1.807) is 7.05 Å². The van der Waals surface area contributed by atoms with Crippen LogP contribution in [-0.2, 0) is 17.9 Å². The molecule has 6 heteroatoms. The van der Waals surface area contributed by atoms with Gasteiger partial charge in [-0.15, -0.1) is 0 Å². The van der Waals surface area contributed by atoms with Crippen LogP contribution >= 0.6 is 0 Å². The first-order valence-corrected chi connectivity index (χ1v) is 10.1. The van der Waals surface area contributed by atoms with E-state index in [0.717, 1.165) is 51.6 Å². The highest BCUT2D eigenvalue weighted by Crippen LogP contribution is 2.13. The van der Waals surface area contributed by atoms with Gasteiger partial charge in [0.2, 0.25) is 5.91 Å². The number of nitrogens with zero attached hydrogens (tertiary/aromatic N) is 3. The van der Waals surface area contributed by atoms with Crippen LogP contribution in [0.5, 0.6) is 0 Å². The van der Waals surface area contributed by atoms with Gasteiger partial charge in [0.05, 0.1) is 0 Å². The number of carbonyl (C=O) groups is 1. The molecule has 0 spiro atoms. The third-order valence-electron chi connectivity index (χ3n) is 5.26. The molecule has 2 N–H and O–H groups in total. The second-order valence-corrected chi connectivity index (χ2v) is 6.98. The van der Waals surface area contributed by atoms with E-state index in [0.29, 0.717) is 6.42 Å². The quantitative estimate of drug-likeness (QED) is 0.542. The fourth-order valence-corrected chi connectivity index (χ4v) is 3.47. The summed E-state index contributed by atoms with van der Waals surface area (Å²) in [7, 11) is 1.79. The molecule has 1 aromatic rings. The first kappa shape index (κ1) is 21.2. The molecule has 1 amide bonds. The number of rotatable bonds is 8. The molecular weight excluding hydrogens is 338 g/mol. The Kier molecular flexibility index (Phi) is 8.58. The molecule has 0 bridgehead atoms. The Morgan fingerprint density at radius 3 is 2.56 bits per heavy atom. The average Bonchev–Trinajstić information content (AvgIpc) is 3.17. The van der Waals surface area contributed by atoms with Crippen LogP contribution in [0.2, 0.25) is 0 Å². The highest BCUT2D eigenvalue weighted by atomic mass is 16.2. The van der Waals surface area contributed by atoms with Crippen LogP contribution in [-0.4, -0.2) is 60.9 Å². The molecule has 6 nitrogen and oxygen atoms in total. The molecule has 1 atom stereocenters. The lowest BCUT2D eigenvalue weighted by Gasteiger charge is -2.21. The van der Waals surface area contributed by atoms with Gasteiger partial charge in [0.1, 0.15) is 0 Å². The van der Waals surface area contributed by atoms with Crippen molar-refractivity contribution in [2.75, 3.05) is 33.2 Å². The Balaban J connectivity index is 1.90. The lowest BCUT2D eigenvalue weighted by Crippen LogP contribution is -2.44. The molecular formula is C21H35N5O. The van der Waals surface area contributed by atoms with Crippen molar-refractivity contribution in [3.8, 4) is 0 Å². The van der Waals surface area contributed by atoms with Crippen LogP contribution < -0.4 is 10.6 Å². The summed E-state index contributed by atoms with van der Waals surface area (Å²) in [6.45, 7) is 11.7. The number of aliphatic imine (C=N–C) groups is 1. The van der Waals surface area contributed by atoms with Crippen molar-refractivity contribution in [3.63, 3.8) is 0 Å². The number of hydrogen-bond donors (Lipinski definition) is 2. The molecule has 150 valence electrons. The SMILES string of the molecule is CCC(=O)N1CCC(NC(=NC)NCc2ccccc2CN(CC)CC)C1. The number of carbonyl (C=O) groups excluding carboxylic acids is 1. The van der Waals surface area contributed by atoms with Crippen molar-refractivity contribution >= 4 is 11.9 Å². The molecule has 1 aliphatic heterocycles. The van der Waals surface area contributed by atoms with Gasteiger partial charge in [-0.2, -0.15) is 0 Å². The van der Waals surface area contributed by atoms with Crippen LogP contribution in [0.4, 0.5) is 0 Å². The fourth-order valence-electron chi connectivity index (χ4n) is 3.47. The Morgan fingerprint density at radius 2 is 1.93 bits per heavy atom. The van der Waals surface area contributed by atoms with Crippen LogP contribution in [0.3, 0.4) is 0 Å². The van der Waals surface area contributed by atoms with E-state index in [1.807, 2.05) is 11.8 Å². The van der Waals surface area contributed by atoms with Gasteiger partial charge < -0.3 is 15.5 Å². The molecule has 1 heterocycles. The summed E-state index contributed by atoms with van der Waals surface area (Å²) >= 11 is 0. The van der Waals surface area contributed by atoms with Crippen LogP contribution in [0.1, 0.15) is 44.7 Å². The molecule has 1 unspecified atom stereocenters. The van der Waals surface area contributed by atoms with Gasteiger partial charge in [-0.1, -0.05) is 45.0 Å². The van der Waals surface area contributed by atoms with E-state index in [2.05, 4.69) is 58.6 Å². The predicted octanol–water partition coefficient (Wildman–Crippen LogP) is 2.20. The van der Waals surface area contributed by atoms with E-state index in [-0.39, 0.29) is 11.9 Å². The van der Waals surface area contributed by atoms with Crippen molar-refractivity contribution in [3.05, 3.63) is 35.4 Å². The minimum atomic E-state index is 0.229. The lowest BCUT2D eigenvalue weighted by molar-refractivity contribution is -0.129. The van der Waals surface area contributed by atoms with E-state index >= 15 is 0 Å². The van der Waals surface area contributed by atoms with Gasteiger partial charge in [-0.05, 0) is 30.6 Å². The van der Waals surface area contributed by atoms with E-state index in [4.69, 9.17) is 0 Å². The topological polar surface area (TPSA) is 60.0 Å². The smallest absolute Gasteiger partial charge is 0.222 e. The summed E-state index contributed by atoms with van der Waals surface area (Å²) < 4.78 is 0. The number of benzene rings is 1. The minimum absolute atomic E-state index is 0.229. The van der Waals surface area contributed by atoms with Gasteiger partial charge in [0.15, 0.2) is 5.96 Å². The molecule has 0 saturated carbocycles. The van der Waals surface area contributed by atoms with Gasteiger partial charge in [0, 0.05) is 45.7 Å². The molecule has 0 radical (unpaired) electrons. The Morgan fingerprint density at radius 1 is 1.22 bits per heavy atom. The predicted molar refractivity (Wildman–Crippen MR) is 112 cm³/mol. The first-order valence-electron chi connectivity index (χ1n) is 10.1. The maximum absolute atomic E-state index is 11.8. The highest BCUT2D eigenvalue weighted by molar-refractivity contribution is 5.80. The number of nitrogens with one attached hydrogen (secondary N) is 2. The fraction of sp³-hybridized carbons (Fsp3) is 0.619. The van der Waals surface area contributed by atoms with Crippen LogP contribution in [0.15, 0.2) is 29.3 Å². The summed E-state index contributed by atoms with van der Waals surface area (Å²) in [6, 6.07) is 8.84. The second kappa shape index (κ2) is 10.9. The number of likely N-dealkylation sites (tertiary alicyclic amines) is 1. The van der Waals surface area contributed by atoms with E-state index in [9.17, 15) is 4.79 Å². The van der Waals surface area contributed by atoms with Crippen LogP contribution in [0, 0.1) is 0 Å². The van der Waals surface area contributed by atoms with Gasteiger partial charge in [-0.25, -0.2) is 0 Å². The third kappa shape index (κ3) is 6.24. The van der Waals surface area contributed by atoms with Crippen molar-refractivity contribution in [2.24, 2.45) is 4.99 Å². The first-order chi connectivity index (χ1) is 13.1. The van der Waals surface area contributed by atoms with Crippen molar-refractivity contribution < 1.29 is 4.79 Å². The number of guanidine groups is 1. The largest absolute Gasteiger partial charge is 0.352 e. The standard InChI is InChI=1S/C21H35N5O/c1-5-20(27)26-13-12-19(16-26)24-21(22-4)23-14-17-10-8-9-11-18(17)15-25(6-2)7-3/h8-11,19H,5-7,12-16H2,1-4H3,(H2,22,23,24). The molecule has 1 aromatic carbocycles. The van der Waals surface area contributed by atoms with Crippen molar-refractivity contribution in [2.45, 2.75) is 52.7 Å². The Bertz CT molecular complexity index is 627. The lowest BCUT2D eigenvalue weighted by atomic mass is 10.1. The Hall–Kier alpha value is -2.08. The number of hydrogen-bond acceptors (Lipinski definition) is 3. The van der Waals surface area contributed by atoms with Crippen molar-refractivity contribution in [1.82, 2.24) is 20.4 Å². The summed E-state index contributed by atoms with van der Waals surface area (Å²) in [5.74, 6) is 1.02. The minimum Gasteiger partial charge on any atom is -0.352 e. The van der Waals surface area contributed by atoms with Gasteiger partial charge in [0.25, 0.3) is 0 Å². The zero-order valence-electron chi connectivity index (χ0n) is 17.3. The molecule has 1 fully saturated rings. The molecule has 0 aliphatic carbocycles. The van der Waals surface area contributed by atoms with E-state index in [1.165, 1.54) is 11.1 Å². The molecule has 1 aliphatic rings. The molecule has 1 saturated heterocycles. The molecule has 2 rings (SSSR count). The third-order valence-corrected chi connectivity index (χ3v) is 5.26. The second-order valence-electron chi connectivity index (χ2n) is 6.98. The summed E-state index contributed by atoms with van der Waals surface area (Å²) in [6.07, 6.45) is 1.54. The maximum Gasteiger partial charge on any atom is 0.222 e. The summed E-state index contributed by atoms with van der Waals surface area (Å²) in [4.78, 5) is 20.6. The zero-order valence-corrected chi connectivity index (χ0v) is 17.3. The summed E-state index contributed by atoms with van der Waals surface area (Å²) in [5.41, 5.74) is 2.64. The monoisotopic (exact) mass is 373 g/mol. The average molecular weight is 374 g/mol. The highest BCUT2D eigenvalue weighted by Gasteiger charge is 2.25. The summed E-state index contributed by atoms with van der Waals surface area (Å²) in [5, 5.41) is 6.90. The molecule has 27 heavy (non-hydrogen) atoms. The Labute approximate surface area is 164 Å².